The number of nitrogens with zero attached hydrogens (tertiary/aromatic N) is 1. The molecule has 0 bridgehead atoms. The van der Waals surface area contributed by atoms with Gasteiger partial charge in [0.25, 0.3) is 21.6 Å². The van der Waals surface area contributed by atoms with Crippen LogP contribution < -0.4 is 19.5 Å². The number of nitro benzene ring substituents is 1. The minimum Gasteiger partial charge on any atom is -0.493 e. The van der Waals surface area contributed by atoms with Crippen molar-refractivity contribution in [1.82, 2.24) is 10.0 Å². The minimum absolute atomic E-state index is 0.0399. The van der Waals surface area contributed by atoms with E-state index in [1.807, 2.05) is 0 Å². The molecule has 170 valence electrons. The second-order valence-corrected chi connectivity index (χ2v) is 9.19. The van der Waals surface area contributed by atoms with Crippen molar-refractivity contribution >= 4 is 21.6 Å². The van der Waals surface area contributed by atoms with E-state index in [-0.39, 0.29) is 35.3 Å². The van der Waals surface area contributed by atoms with Gasteiger partial charge in [0.15, 0.2) is 17.3 Å². The second-order valence-electron chi connectivity index (χ2n) is 7.57. The van der Waals surface area contributed by atoms with Crippen molar-refractivity contribution in [2.24, 2.45) is 0 Å². The van der Waals surface area contributed by atoms with Crippen molar-refractivity contribution in [2.45, 2.75) is 37.8 Å². The second kappa shape index (κ2) is 9.35. The molecular formula is C19H25N3O8S. The number of methoxy groups -OCH3 is 2. The van der Waals surface area contributed by atoms with Gasteiger partial charge >= 0.3 is 0 Å². The van der Waals surface area contributed by atoms with E-state index >= 15 is 0 Å². The Morgan fingerprint density at radius 3 is 2.32 bits per heavy atom. The Kier molecular flexibility index (Phi) is 7.28. The van der Waals surface area contributed by atoms with Gasteiger partial charge in [0.2, 0.25) is 5.09 Å². The molecule has 0 spiro atoms. The van der Waals surface area contributed by atoms with Crippen LogP contribution in [0.5, 0.6) is 11.5 Å². The molecule has 31 heavy (non-hydrogen) atoms. The Balaban J connectivity index is 2.10. The maximum Gasteiger partial charge on any atom is 0.287 e. The zero-order valence-electron chi connectivity index (χ0n) is 17.8. The standard InChI is InChI=1S/C19H25N3O8S/c1-19(2,3)21-31(26,27)17-7-6-14(30-17)18(23)20-9-8-12-10-15(28-4)16(29-5)11-13(12)22(24)25/h6-7,10-11,21H,8-9H2,1-5H3,(H,20,23). The fraction of sp³-hybridized carbons (Fsp3) is 0.421. The number of sulfonamides is 1. The molecule has 0 aliphatic rings. The van der Waals surface area contributed by atoms with E-state index in [0.29, 0.717) is 11.3 Å². The van der Waals surface area contributed by atoms with Crippen molar-refractivity contribution < 1.29 is 32.0 Å². The number of rotatable bonds is 9. The van der Waals surface area contributed by atoms with Gasteiger partial charge in [-0.3, -0.25) is 14.9 Å². The molecule has 2 N–H and O–H groups in total. The summed E-state index contributed by atoms with van der Waals surface area (Å²) in [4.78, 5) is 23.1. The van der Waals surface area contributed by atoms with E-state index in [2.05, 4.69) is 10.0 Å². The zero-order chi connectivity index (χ0) is 23.4. The molecule has 1 aromatic carbocycles. The van der Waals surface area contributed by atoms with Crippen LogP contribution in [0.15, 0.2) is 33.8 Å². The summed E-state index contributed by atoms with van der Waals surface area (Å²) >= 11 is 0. The molecule has 2 aromatic rings. The molecule has 0 fully saturated rings. The van der Waals surface area contributed by atoms with Crippen LogP contribution in [0.1, 0.15) is 36.9 Å². The van der Waals surface area contributed by atoms with Crippen molar-refractivity contribution in [1.29, 1.82) is 0 Å². The van der Waals surface area contributed by atoms with Crippen molar-refractivity contribution in [3.63, 3.8) is 0 Å². The maximum atomic E-state index is 12.3. The van der Waals surface area contributed by atoms with E-state index in [4.69, 9.17) is 13.9 Å². The number of furan rings is 1. The summed E-state index contributed by atoms with van der Waals surface area (Å²) in [5.41, 5.74) is -0.561. The van der Waals surface area contributed by atoms with Gasteiger partial charge in [-0.2, -0.15) is 0 Å². The molecule has 1 amide bonds. The molecule has 11 nitrogen and oxygen atoms in total. The maximum absolute atomic E-state index is 12.3. The molecule has 0 aliphatic carbocycles. The Hall–Kier alpha value is -3.12. The van der Waals surface area contributed by atoms with Crippen LogP contribution in [0.2, 0.25) is 0 Å². The van der Waals surface area contributed by atoms with E-state index in [1.165, 1.54) is 38.5 Å². The normalized spacial score (nSPS) is 11.8. The lowest BCUT2D eigenvalue weighted by molar-refractivity contribution is -0.385. The van der Waals surface area contributed by atoms with E-state index in [1.54, 1.807) is 20.8 Å². The highest BCUT2D eigenvalue weighted by Crippen LogP contribution is 2.34. The van der Waals surface area contributed by atoms with Crippen LogP contribution in [-0.2, 0) is 16.4 Å². The first-order valence-electron chi connectivity index (χ1n) is 9.19. The van der Waals surface area contributed by atoms with Crippen LogP contribution in [0.25, 0.3) is 0 Å². The van der Waals surface area contributed by atoms with Gasteiger partial charge in [-0.05, 0) is 45.4 Å². The number of carbonyl (C=O) groups is 1. The molecular weight excluding hydrogens is 430 g/mol. The predicted octanol–water partition coefficient (Wildman–Crippen LogP) is 2.25. The molecule has 2 rings (SSSR count). The molecule has 1 aromatic heterocycles. The SMILES string of the molecule is COc1cc(CCNC(=O)c2ccc(S(=O)(=O)NC(C)(C)C)o2)c([N+](=O)[O-])cc1OC. The number of amides is 1. The number of hydrogen-bond acceptors (Lipinski definition) is 8. The van der Waals surface area contributed by atoms with Gasteiger partial charge < -0.3 is 19.2 Å². The molecule has 0 radical (unpaired) electrons. The van der Waals surface area contributed by atoms with Gasteiger partial charge in [-0.25, -0.2) is 13.1 Å². The Bertz CT molecular complexity index is 1070. The average Bonchev–Trinajstić information content (AvgIpc) is 3.16. The Morgan fingerprint density at radius 1 is 1.16 bits per heavy atom. The van der Waals surface area contributed by atoms with Crippen molar-refractivity contribution in [2.75, 3.05) is 20.8 Å². The summed E-state index contributed by atoms with van der Waals surface area (Å²) in [6.45, 7) is 5.07. The topological polar surface area (TPSA) is 150 Å². The molecule has 0 aliphatic heterocycles. The summed E-state index contributed by atoms with van der Waals surface area (Å²) < 4.78 is 42.4. The molecule has 12 heteroatoms. The minimum atomic E-state index is -3.92. The van der Waals surface area contributed by atoms with Crippen molar-refractivity contribution in [3.8, 4) is 11.5 Å². The Morgan fingerprint density at radius 2 is 1.77 bits per heavy atom. The largest absolute Gasteiger partial charge is 0.493 e. The van der Waals surface area contributed by atoms with Crippen LogP contribution in [-0.4, -0.2) is 45.6 Å². The number of hydrogen-bond donors (Lipinski definition) is 2. The van der Waals surface area contributed by atoms with Crippen LogP contribution in [0.4, 0.5) is 5.69 Å². The lowest BCUT2D eigenvalue weighted by atomic mass is 10.1. The van der Waals surface area contributed by atoms with Crippen molar-refractivity contribution in [3.05, 3.63) is 45.7 Å². The predicted molar refractivity (Wildman–Crippen MR) is 111 cm³/mol. The lowest BCUT2D eigenvalue weighted by Gasteiger charge is -2.18. The summed E-state index contributed by atoms with van der Waals surface area (Å²) in [5.74, 6) is -0.312. The first-order chi connectivity index (χ1) is 14.4. The van der Waals surface area contributed by atoms with Gasteiger partial charge in [0, 0.05) is 17.6 Å². The first-order valence-corrected chi connectivity index (χ1v) is 10.7. The molecule has 0 atom stereocenters. The Labute approximate surface area is 179 Å². The lowest BCUT2D eigenvalue weighted by Crippen LogP contribution is -2.40. The monoisotopic (exact) mass is 455 g/mol. The number of carbonyl (C=O) groups excluding carboxylic acids is 1. The summed E-state index contributed by atoms with van der Waals surface area (Å²) in [7, 11) is -1.14. The average molecular weight is 455 g/mol. The molecule has 0 saturated heterocycles. The van der Waals surface area contributed by atoms with Gasteiger partial charge in [-0.1, -0.05) is 0 Å². The third kappa shape index (κ3) is 6.18. The highest BCUT2D eigenvalue weighted by atomic mass is 32.2. The highest BCUT2D eigenvalue weighted by molar-refractivity contribution is 7.89. The van der Waals surface area contributed by atoms with Gasteiger partial charge in [-0.15, -0.1) is 0 Å². The fourth-order valence-electron chi connectivity index (χ4n) is 2.72. The first kappa shape index (κ1) is 24.2. The van der Waals surface area contributed by atoms with Crippen LogP contribution in [0, 0.1) is 10.1 Å². The number of benzene rings is 1. The van der Waals surface area contributed by atoms with Crippen LogP contribution >= 0.6 is 0 Å². The van der Waals surface area contributed by atoms with Gasteiger partial charge in [0.05, 0.1) is 25.2 Å². The third-order valence-electron chi connectivity index (χ3n) is 3.97. The molecule has 0 unspecified atom stereocenters. The molecule has 0 saturated carbocycles. The van der Waals surface area contributed by atoms with Crippen LogP contribution in [0.3, 0.4) is 0 Å². The van der Waals surface area contributed by atoms with E-state index < -0.39 is 26.4 Å². The number of nitro groups is 1. The van der Waals surface area contributed by atoms with E-state index in [9.17, 15) is 23.3 Å². The summed E-state index contributed by atoms with van der Waals surface area (Å²) in [5, 5.41) is 13.5. The van der Waals surface area contributed by atoms with E-state index in [0.717, 1.165) is 0 Å². The number of ether oxygens (including phenoxy) is 2. The summed E-state index contributed by atoms with van der Waals surface area (Å²) in [6, 6.07) is 5.15. The smallest absolute Gasteiger partial charge is 0.287 e. The van der Waals surface area contributed by atoms with Gasteiger partial charge in [0.1, 0.15) is 0 Å². The quantitative estimate of drug-likeness (QED) is 0.432. The number of nitrogens with one attached hydrogen (secondary N) is 2. The molecule has 1 heterocycles. The summed E-state index contributed by atoms with van der Waals surface area (Å²) in [6.07, 6.45) is 0.125. The zero-order valence-corrected chi connectivity index (χ0v) is 18.7. The fourth-order valence-corrected chi connectivity index (χ4v) is 4.07. The highest BCUT2D eigenvalue weighted by Gasteiger charge is 2.26. The third-order valence-corrected chi connectivity index (χ3v) is 5.60.